The van der Waals surface area contributed by atoms with Gasteiger partial charge in [-0.2, -0.15) is 4.99 Å². The maximum absolute atomic E-state index is 12.4. The zero-order valence-electron chi connectivity index (χ0n) is 16.2. The van der Waals surface area contributed by atoms with Crippen molar-refractivity contribution < 1.29 is 28.6 Å². The summed E-state index contributed by atoms with van der Waals surface area (Å²) in [5.41, 5.74) is -1.51. The minimum absolute atomic E-state index is 0.0171. The molecule has 0 aliphatic heterocycles. The number of carbonyl (C=O) groups excluding carboxylic acids is 3. The van der Waals surface area contributed by atoms with E-state index in [1.54, 1.807) is 54.7 Å². The average Bonchev–Trinajstić information content (AvgIpc) is 2.38. The molecular formula is C16H28N2O6S. The Morgan fingerprint density at radius 3 is 1.92 bits per heavy atom. The van der Waals surface area contributed by atoms with Crippen molar-refractivity contribution in [3.05, 3.63) is 0 Å². The number of nitrogens with zero attached hydrogens (tertiary/aromatic N) is 2. The largest absolute Gasteiger partial charge is 0.465 e. The number of hydrogen-bond acceptors (Lipinski definition) is 7. The third-order valence-corrected chi connectivity index (χ3v) is 2.88. The van der Waals surface area contributed by atoms with Crippen molar-refractivity contribution in [3.63, 3.8) is 0 Å². The van der Waals surface area contributed by atoms with Crippen LogP contribution in [0.4, 0.5) is 9.59 Å². The Balaban J connectivity index is 5.54. The number of esters is 1. The number of thioether (sulfide) groups is 1. The Kier molecular flexibility index (Phi) is 8.96. The van der Waals surface area contributed by atoms with Crippen LogP contribution < -0.4 is 0 Å². The summed E-state index contributed by atoms with van der Waals surface area (Å²) in [6.45, 7) is 11.6. The Morgan fingerprint density at radius 1 is 1.00 bits per heavy atom. The van der Waals surface area contributed by atoms with E-state index in [1.807, 2.05) is 0 Å². The molecule has 0 aromatic carbocycles. The Labute approximate surface area is 153 Å². The van der Waals surface area contributed by atoms with Crippen LogP contribution in [0, 0.1) is 0 Å². The second kappa shape index (κ2) is 9.65. The van der Waals surface area contributed by atoms with Crippen LogP contribution in [-0.2, 0) is 19.0 Å². The van der Waals surface area contributed by atoms with Gasteiger partial charge in [-0.25, -0.2) is 14.5 Å². The molecule has 0 bridgehead atoms. The van der Waals surface area contributed by atoms with Gasteiger partial charge in [-0.1, -0.05) is 11.8 Å². The van der Waals surface area contributed by atoms with Gasteiger partial charge in [0.1, 0.15) is 17.7 Å². The van der Waals surface area contributed by atoms with Crippen molar-refractivity contribution in [2.45, 2.75) is 59.7 Å². The Hall–Kier alpha value is -1.77. The smallest absolute Gasteiger partial charge is 0.436 e. The molecule has 0 aromatic heterocycles. The highest BCUT2D eigenvalue weighted by Gasteiger charge is 2.29. The number of carbonyl (C=O) groups is 3. The number of ether oxygens (including phenoxy) is 3. The van der Waals surface area contributed by atoms with Crippen molar-refractivity contribution in [2.75, 3.05) is 19.4 Å². The predicted molar refractivity (Wildman–Crippen MR) is 96.8 cm³/mol. The van der Waals surface area contributed by atoms with Crippen LogP contribution in [0.25, 0.3) is 0 Å². The summed E-state index contributed by atoms with van der Waals surface area (Å²) in [6, 6.07) is 0. The molecule has 0 fully saturated rings. The molecule has 0 saturated carbocycles. The summed E-state index contributed by atoms with van der Waals surface area (Å²) in [7, 11) is 0. The van der Waals surface area contributed by atoms with Gasteiger partial charge in [-0.05, 0) is 54.7 Å². The van der Waals surface area contributed by atoms with Gasteiger partial charge >= 0.3 is 18.2 Å². The topological polar surface area (TPSA) is 94.5 Å². The quantitative estimate of drug-likeness (QED) is 0.322. The van der Waals surface area contributed by atoms with Crippen LogP contribution in [0.5, 0.6) is 0 Å². The lowest BCUT2D eigenvalue weighted by atomic mass is 10.2. The Bertz CT molecular complexity index is 520. The first kappa shape index (κ1) is 23.2. The summed E-state index contributed by atoms with van der Waals surface area (Å²) in [5.74, 6) is -0.640. The molecule has 0 aliphatic carbocycles. The summed E-state index contributed by atoms with van der Waals surface area (Å²) in [6.07, 6.45) is -0.0578. The van der Waals surface area contributed by atoms with Gasteiger partial charge in [-0.15, -0.1) is 0 Å². The van der Waals surface area contributed by atoms with Gasteiger partial charge in [-0.3, -0.25) is 4.79 Å². The second-order valence-corrected chi connectivity index (χ2v) is 7.72. The lowest BCUT2D eigenvalue weighted by molar-refractivity contribution is -0.143. The fourth-order valence-corrected chi connectivity index (χ4v) is 1.97. The highest BCUT2D eigenvalue weighted by atomic mass is 32.2. The van der Waals surface area contributed by atoms with Crippen LogP contribution in [-0.4, -0.2) is 58.8 Å². The number of amidine groups is 1. The first-order valence-corrected chi connectivity index (χ1v) is 9.03. The van der Waals surface area contributed by atoms with E-state index in [9.17, 15) is 14.4 Å². The molecule has 0 spiro atoms. The van der Waals surface area contributed by atoms with Crippen LogP contribution >= 0.6 is 11.8 Å². The lowest BCUT2D eigenvalue weighted by Gasteiger charge is -2.27. The Morgan fingerprint density at radius 2 is 1.52 bits per heavy atom. The standard InChI is InChI=1S/C16H28N2O6S/c1-9-22-11(19)10-18(14(21)24-16(5,6)7)12(25-8)17-13(20)23-15(2,3)4/h9-10H2,1-8H3. The van der Waals surface area contributed by atoms with Gasteiger partial charge in [0, 0.05) is 0 Å². The highest BCUT2D eigenvalue weighted by Crippen LogP contribution is 2.15. The molecule has 8 nitrogen and oxygen atoms in total. The van der Waals surface area contributed by atoms with E-state index in [4.69, 9.17) is 14.2 Å². The van der Waals surface area contributed by atoms with E-state index in [2.05, 4.69) is 4.99 Å². The molecule has 0 unspecified atom stereocenters. The molecule has 25 heavy (non-hydrogen) atoms. The zero-order valence-corrected chi connectivity index (χ0v) is 17.0. The fourth-order valence-electron chi connectivity index (χ4n) is 1.44. The third kappa shape index (κ3) is 10.6. The van der Waals surface area contributed by atoms with Gasteiger partial charge < -0.3 is 14.2 Å². The molecule has 0 aliphatic rings. The van der Waals surface area contributed by atoms with Crippen LogP contribution in [0.2, 0.25) is 0 Å². The van der Waals surface area contributed by atoms with Crippen molar-refractivity contribution >= 4 is 35.1 Å². The molecule has 2 amide bonds. The first-order valence-electron chi connectivity index (χ1n) is 7.81. The molecule has 0 rings (SSSR count). The number of hydrogen-bond donors (Lipinski definition) is 0. The van der Waals surface area contributed by atoms with E-state index in [-0.39, 0.29) is 11.8 Å². The van der Waals surface area contributed by atoms with Crippen molar-refractivity contribution in [2.24, 2.45) is 4.99 Å². The predicted octanol–water partition coefficient (Wildman–Crippen LogP) is 3.44. The summed E-state index contributed by atoms with van der Waals surface area (Å²) in [4.78, 5) is 40.9. The SMILES string of the molecule is CCOC(=O)CN(C(=O)OC(C)(C)C)C(=NC(=O)OC(C)(C)C)SC. The summed E-state index contributed by atoms with van der Waals surface area (Å²) in [5, 5.41) is -0.0171. The van der Waals surface area contributed by atoms with E-state index in [0.29, 0.717) is 0 Å². The average molecular weight is 376 g/mol. The van der Waals surface area contributed by atoms with Gasteiger partial charge in [0.15, 0.2) is 5.17 Å². The van der Waals surface area contributed by atoms with Crippen molar-refractivity contribution in [1.82, 2.24) is 4.90 Å². The normalized spacial score (nSPS) is 12.4. The zero-order chi connectivity index (χ0) is 19.8. The van der Waals surface area contributed by atoms with E-state index in [1.165, 1.54) is 0 Å². The van der Waals surface area contributed by atoms with Crippen LogP contribution in [0.3, 0.4) is 0 Å². The van der Waals surface area contributed by atoms with Crippen LogP contribution in [0.1, 0.15) is 48.5 Å². The molecule has 9 heteroatoms. The maximum atomic E-state index is 12.4. The minimum Gasteiger partial charge on any atom is -0.465 e. The molecule has 0 atom stereocenters. The molecule has 0 heterocycles. The van der Waals surface area contributed by atoms with Gasteiger partial charge in [0.2, 0.25) is 0 Å². The molecule has 0 aromatic rings. The molecule has 0 radical (unpaired) electrons. The fraction of sp³-hybridized carbons (Fsp3) is 0.750. The first-order chi connectivity index (χ1) is 11.3. The maximum Gasteiger partial charge on any atom is 0.436 e. The third-order valence-electron chi connectivity index (χ3n) is 2.20. The highest BCUT2D eigenvalue weighted by molar-refractivity contribution is 8.13. The van der Waals surface area contributed by atoms with E-state index >= 15 is 0 Å². The number of rotatable bonds is 3. The molecule has 144 valence electrons. The van der Waals surface area contributed by atoms with Gasteiger partial charge in [0.25, 0.3) is 0 Å². The van der Waals surface area contributed by atoms with Crippen LogP contribution in [0.15, 0.2) is 4.99 Å². The molecular weight excluding hydrogens is 348 g/mol. The van der Waals surface area contributed by atoms with E-state index < -0.39 is 35.9 Å². The summed E-state index contributed by atoms with van der Waals surface area (Å²) < 4.78 is 15.3. The minimum atomic E-state index is -0.866. The number of amides is 2. The molecule has 0 saturated heterocycles. The molecule has 0 N–H and O–H groups in total. The van der Waals surface area contributed by atoms with Gasteiger partial charge in [0.05, 0.1) is 6.61 Å². The summed E-state index contributed by atoms with van der Waals surface area (Å²) >= 11 is 1.01. The van der Waals surface area contributed by atoms with Crippen molar-refractivity contribution in [3.8, 4) is 0 Å². The second-order valence-electron chi connectivity index (χ2n) is 6.95. The van der Waals surface area contributed by atoms with Crippen molar-refractivity contribution in [1.29, 1.82) is 0 Å². The monoisotopic (exact) mass is 376 g/mol. The lowest BCUT2D eigenvalue weighted by Crippen LogP contribution is -2.43. The van der Waals surface area contributed by atoms with E-state index in [0.717, 1.165) is 16.7 Å². The number of aliphatic imine (C=N–C) groups is 1.